The molecule has 0 atom stereocenters. The summed E-state index contributed by atoms with van der Waals surface area (Å²) in [5.41, 5.74) is 0.774. The van der Waals surface area contributed by atoms with E-state index in [1.165, 1.54) is 30.3 Å². The highest BCUT2D eigenvalue weighted by molar-refractivity contribution is 9.10. The highest BCUT2D eigenvalue weighted by atomic mass is 79.9. The van der Waals surface area contributed by atoms with E-state index in [1.54, 1.807) is 12.1 Å². The van der Waals surface area contributed by atoms with E-state index in [4.69, 9.17) is 0 Å². The van der Waals surface area contributed by atoms with Crippen LogP contribution in [-0.4, -0.2) is 19.6 Å². The minimum Gasteiger partial charge on any atom is -0.322 e. The SMILES string of the molecule is O=C(Nc1ccc(S(=O)(=O)C2CCCC2)cc1)c1ccc(F)cc1Br. The van der Waals surface area contributed by atoms with Gasteiger partial charge in [-0.25, -0.2) is 12.8 Å². The summed E-state index contributed by atoms with van der Waals surface area (Å²) in [6.07, 6.45) is 3.31. The molecule has 1 amide bonds. The molecule has 25 heavy (non-hydrogen) atoms. The molecular formula is C18H17BrFNO3S. The van der Waals surface area contributed by atoms with Gasteiger partial charge >= 0.3 is 0 Å². The number of amides is 1. The Hall–Kier alpha value is -1.73. The number of hydrogen-bond donors (Lipinski definition) is 1. The minimum absolute atomic E-state index is 0.278. The lowest BCUT2D eigenvalue weighted by atomic mass is 10.2. The molecule has 0 saturated heterocycles. The summed E-state index contributed by atoms with van der Waals surface area (Å²) in [5, 5.41) is 2.38. The normalized spacial score (nSPS) is 15.3. The molecule has 4 nitrogen and oxygen atoms in total. The molecule has 0 radical (unpaired) electrons. The Morgan fingerprint density at radius 3 is 2.32 bits per heavy atom. The average molecular weight is 426 g/mol. The molecule has 1 aliphatic carbocycles. The fraction of sp³-hybridized carbons (Fsp3) is 0.278. The van der Waals surface area contributed by atoms with Crippen LogP contribution < -0.4 is 5.32 Å². The summed E-state index contributed by atoms with van der Waals surface area (Å²) in [5.74, 6) is -0.844. The van der Waals surface area contributed by atoms with Gasteiger partial charge in [-0.3, -0.25) is 4.79 Å². The van der Waals surface area contributed by atoms with Crippen molar-refractivity contribution >= 4 is 37.4 Å². The minimum atomic E-state index is -3.31. The second kappa shape index (κ2) is 7.25. The van der Waals surface area contributed by atoms with Crippen molar-refractivity contribution < 1.29 is 17.6 Å². The fourth-order valence-electron chi connectivity index (χ4n) is 2.99. The molecule has 0 spiro atoms. The van der Waals surface area contributed by atoms with Crippen LogP contribution in [0.4, 0.5) is 10.1 Å². The topological polar surface area (TPSA) is 63.2 Å². The number of halogens is 2. The lowest BCUT2D eigenvalue weighted by Crippen LogP contribution is -2.18. The second-order valence-corrected chi connectivity index (χ2v) is 9.14. The Morgan fingerprint density at radius 1 is 1.08 bits per heavy atom. The third-order valence-electron chi connectivity index (χ3n) is 4.36. The highest BCUT2D eigenvalue weighted by Crippen LogP contribution is 2.30. The van der Waals surface area contributed by atoms with Crippen molar-refractivity contribution in [2.75, 3.05) is 5.32 Å². The van der Waals surface area contributed by atoms with Gasteiger partial charge in [0.15, 0.2) is 9.84 Å². The number of nitrogens with one attached hydrogen (secondary N) is 1. The molecule has 1 N–H and O–H groups in total. The maximum Gasteiger partial charge on any atom is 0.256 e. The van der Waals surface area contributed by atoms with Gasteiger partial charge < -0.3 is 5.32 Å². The van der Waals surface area contributed by atoms with Gasteiger partial charge in [-0.05, 0) is 71.2 Å². The van der Waals surface area contributed by atoms with Crippen molar-refractivity contribution in [3.63, 3.8) is 0 Å². The highest BCUT2D eigenvalue weighted by Gasteiger charge is 2.30. The number of hydrogen-bond acceptors (Lipinski definition) is 3. The third-order valence-corrected chi connectivity index (χ3v) is 7.29. The second-order valence-electron chi connectivity index (χ2n) is 6.05. The van der Waals surface area contributed by atoms with E-state index in [9.17, 15) is 17.6 Å². The molecule has 1 fully saturated rings. The van der Waals surface area contributed by atoms with E-state index < -0.39 is 21.6 Å². The number of anilines is 1. The van der Waals surface area contributed by atoms with Crippen LogP contribution in [0.15, 0.2) is 51.8 Å². The summed E-state index contributed by atoms with van der Waals surface area (Å²) in [7, 11) is -3.31. The molecule has 2 aromatic rings. The van der Waals surface area contributed by atoms with Crippen LogP contribution in [0.1, 0.15) is 36.0 Å². The van der Waals surface area contributed by atoms with Gasteiger partial charge in [-0.1, -0.05) is 12.8 Å². The molecule has 0 heterocycles. The summed E-state index contributed by atoms with van der Waals surface area (Å²) in [6, 6.07) is 9.97. The molecule has 3 rings (SSSR count). The first-order chi connectivity index (χ1) is 11.9. The van der Waals surface area contributed by atoms with Gasteiger partial charge in [-0.15, -0.1) is 0 Å². The Labute approximate surface area is 154 Å². The zero-order chi connectivity index (χ0) is 18.0. The van der Waals surface area contributed by atoms with Gasteiger partial charge in [-0.2, -0.15) is 0 Å². The number of benzene rings is 2. The summed E-state index contributed by atoms with van der Waals surface area (Å²) in [4.78, 5) is 12.5. The van der Waals surface area contributed by atoms with Gasteiger partial charge in [0.05, 0.1) is 15.7 Å². The first-order valence-electron chi connectivity index (χ1n) is 7.98. The molecule has 0 unspecified atom stereocenters. The molecule has 132 valence electrons. The zero-order valence-corrected chi connectivity index (χ0v) is 15.7. The van der Waals surface area contributed by atoms with Crippen LogP contribution in [0.5, 0.6) is 0 Å². The van der Waals surface area contributed by atoms with Gasteiger partial charge in [0.25, 0.3) is 5.91 Å². The average Bonchev–Trinajstić information content (AvgIpc) is 3.10. The molecule has 7 heteroatoms. The van der Waals surface area contributed by atoms with Gasteiger partial charge in [0, 0.05) is 10.2 Å². The van der Waals surface area contributed by atoms with Crippen LogP contribution in [0, 0.1) is 5.82 Å². The van der Waals surface area contributed by atoms with Gasteiger partial charge in [0.1, 0.15) is 5.82 Å². The maximum absolute atomic E-state index is 13.1. The molecule has 0 bridgehead atoms. The van der Waals surface area contributed by atoms with Crippen LogP contribution in [0.2, 0.25) is 0 Å². The number of carbonyl (C=O) groups is 1. The van der Waals surface area contributed by atoms with Crippen molar-refractivity contribution in [2.45, 2.75) is 35.8 Å². The smallest absolute Gasteiger partial charge is 0.256 e. The lowest BCUT2D eigenvalue weighted by Gasteiger charge is -2.12. The molecule has 0 aromatic heterocycles. The van der Waals surface area contributed by atoms with Crippen LogP contribution >= 0.6 is 15.9 Å². The quantitative estimate of drug-likeness (QED) is 0.780. The van der Waals surface area contributed by atoms with E-state index in [2.05, 4.69) is 21.2 Å². The Morgan fingerprint density at radius 2 is 1.72 bits per heavy atom. The summed E-state index contributed by atoms with van der Waals surface area (Å²) >= 11 is 3.16. The molecule has 2 aromatic carbocycles. The largest absolute Gasteiger partial charge is 0.322 e. The number of carbonyl (C=O) groups excluding carboxylic acids is 1. The predicted octanol–water partition coefficient (Wildman–Crippen LogP) is 4.56. The standard InChI is InChI=1S/C18H17BrFNO3S/c19-17-11-12(20)5-10-16(17)18(22)21-13-6-8-15(9-7-13)25(23,24)14-3-1-2-4-14/h5-11,14H,1-4H2,(H,21,22). The Balaban J connectivity index is 1.75. The van der Waals surface area contributed by atoms with E-state index in [1.807, 2.05) is 0 Å². The van der Waals surface area contributed by atoms with Gasteiger partial charge in [0.2, 0.25) is 0 Å². The summed E-state index contributed by atoms with van der Waals surface area (Å²) < 4.78 is 38.5. The predicted molar refractivity (Wildman–Crippen MR) is 97.9 cm³/mol. The maximum atomic E-state index is 13.1. The third kappa shape index (κ3) is 3.93. The molecule has 1 saturated carbocycles. The zero-order valence-electron chi connectivity index (χ0n) is 13.3. The molecule has 1 aliphatic rings. The van der Waals surface area contributed by atoms with E-state index in [-0.39, 0.29) is 10.1 Å². The van der Waals surface area contributed by atoms with E-state index >= 15 is 0 Å². The van der Waals surface area contributed by atoms with Crippen molar-refractivity contribution in [1.29, 1.82) is 0 Å². The van der Waals surface area contributed by atoms with E-state index in [0.29, 0.717) is 28.6 Å². The monoisotopic (exact) mass is 425 g/mol. The fourth-order valence-corrected chi connectivity index (χ4v) is 5.38. The van der Waals surface area contributed by atoms with E-state index in [0.717, 1.165) is 12.8 Å². The molecular weight excluding hydrogens is 409 g/mol. The van der Waals surface area contributed by atoms with Crippen molar-refractivity contribution in [1.82, 2.24) is 0 Å². The van der Waals surface area contributed by atoms with Crippen LogP contribution in [-0.2, 0) is 9.84 Å². The van der Waals surface area contributed by atoms with Crippen molar-refractivity contribution in [3.8, 4) is 0 Å². The molecule has 0 aliphatic heterocycles. The van der Waals surface area contributed by atoms with Crippen LogP contribution in [0.3, 0.4) is 0 Å². The van der Waals surface area contributed by atoms with Crippen molar-refractivity contribution in [3.05, 3.63) is 58.3 Å². The Kier molecular flexibility index (Phi) is 5.24. The number of sulfone groups is 1. The van der Waals surface area contributed by atoms with Crippen molar-refractivity contribution in [2.24, 2.45) is 0 Å². The summed E-state index contributed by atoms with van der Waals surface area (Å²) in [6.45, 7) is 0. The lowest BCUT2D eigenvalue weighted by molar-refractivity contribution is 0.102. The number of rotatable bonds is 4. The first-order valence-corrected chi connectivity index (χ1v) is 10.3. The first kappa shape index (κ1) is 18.1. The van der Waals surface area contributed by atoms with Crippen LogP contribution in [0.25, 0.3) is 0 Å². The Bertz CT molecular complexity index is 891.